The summed E-state index contributed by atoms with van der Waals surface area (Å²) in [5, 5.41) is 4.37. The van der Waals surface area contributed by atoms with Crippen LogP contribution < -0.4 is 11.1 Å². The van der Waals surface area contributed by atoms with Crippen molar-refractivity contribution >= 4 is 59.2 Å². The number of benzene rings is 1. The molecule has 158 valence electrons. The summed E-state index contributed by atoms with van der Waals surface area (Å²) < 4.78 is 10.6. The Morgan fingerprint density at radius 3 is 2.71 bits per heavy atom. The van der Waals surface area contributed by atoms with Crippen LogP contribution in [0.5, 0.6) is 0 Å². The topological polar surface area (TPSA) is 89.2 Å². The Morgan fingerprint density at radius 2 is 2.07 bits per heavy atom. The number of nitrogens with one attached hydrogen (secondary N) is 1. The van der Waals surface area contributed by atoms with E-state index < -0.39 is 0 Å². The number of rotatable bonds is 7. The maximum absolute atomic E-state index is 11.7. The van der Waals surface area contributed by atoms with Crippen molar-refractivity contribution in [2.24, 2.45) is 10.7 Å². The molecule has 10 heteroatoms. The molecule has 0 unspecified atom stereocenters. The zero-order valence-corrected chi connectivity index (χ0v) is 19.7. The summed E-state index contributed by atoms with van der Waals surface area (Å²) >= 11 is 12.0. The number of carbonyl (C=O) groups excluding carboxylic acids is 1. The second-order valence-electron chi connectivity index (χ2n) is 6.16. The molecule has 0 spiro atoms. The quantitative estimate of drug-likeness (QED) is 0.237. The lowest BCUT2D eigenvalue weighted by molar-refractivity contribution is 0.0963. The summed E-state index contributed by atoms with van der Waals surface area (Å²) in [6, 6.07) is 5.51. The normalized spacial score (nSPS) is 15.1. The molecule has 7 nitrogen and oxygen atoms in total. The Kier molecular flexibility index (Phi) is 11.9. The molecule has 28 heavy (non-hydrogen) atoms. The lowest BCUT2D eigenvalue weighted by Gasteiger charge is -2.31. The molecule has 0 atom stereocenters. The van der Waals surface area contributed by atoms with Gasteiger partial charge < -0.3 is 25.4 Å². The van der Waals surface area contributed by atoms with Crippen LogP contribution in [0.1, 0.15) is 25.3 Å². The highest BCUT2D eigenvalue weighted by molar-refractivity contribution is 14.0. The third-order valence-electron chi connectivity index (χ3n) is 4.16. The van der Waals surface area contributed by atoms with Crippen LogP contribution in [0.4, 0.5) is 4.79 Å². The van der Waals surface area contributed by atoms with E-state index in [0.29, 0.717) is 55.5 Å². The fraction of sp³-hybridized carbons (Fsp3) is 0.556. The lowest BCUT2D eigenvalue weighted by Crippen LogP contribution is -2.48. The largest absolute Gasteiger partial charge is 0.450 e. The molecule has 3 N–H and O–H groups in total. The van der Waals surface area contributed by atoms with E-state index in [1.165, 1.54) is 0 Å². The molecular formula is C18H27Cl2IN4O3. The summed E-state index contributed by atoms with van der Waals surface area (Å²) in [6.07, 6.45) is 1.36. The van der Waals surface area contributed by atoms with Crippen LogP contribution >= 0.6 is 47.2 Å². The number of piperidine rings is 1. The van der Waals surface area contributed by atoms with E-state index >= 15 is 0 Å². The van der Waals surface area contributed by atoms with Crippen LogP contribution in [-0.4, -0.2) is 55.8 Å². The number of nitrogens with zero attached hydrogens (tertiary/aromatic N) is 2. The van der Waals surface area contributed by atoms with E-state index in [1.54, 1.807) is 24.0 Å². The predicted octanol–water partition coefficient (Wildman–Crippen LogP) is 3.65. The Bertz CT molecular complexity index is 656. The average molecular weight is 545 g/mol. The van der Waals surface area contributed by atoms with Gasteiger partial charge in [-0.25, -0.2) is 4.79 Å². The fourth-order valence-corrected chi connectivity index (χ4v) is 3.19. The van der Waals surface area contributed by atoms with Crippen molar-refractivity contribution in [1.82, 2.24) is 10.2 Å². The molecule has 1 heterocycles. The van der Waals surface area contributed by atoms with Gasteiger partial charge in [-0.1, -0.05) is 29.3 Å². The first kappa shape index (κ1) is 25.1. The zero-order valence-electron chi connectivity index (χ0n) is 15.8. The van der Waals surface area contributed by atoms with E-state index in [0.717, 1.165) is 18.4 Å². The van der Waals surface area contributed by atoms with Crippen molar-refractivity contribution < 1.29 is 14.3 Å². The number of aliphatic imine (C=N–C) groups is 1. The number of ether oxygens (including phenoxy) is 2. The summed E-state index contributed by atoms with van der Waals surface area (Å²) in [5.41, 5.74) is 6.80. The van der Waals surface area contributed by atoms with Gasteiger partial charge in [0.1, 0.15) is 0 Å². The minimum atomic E-state index is -0.254. The number of hydrogen-bond donors (Lipinski definition) is 2. The standard InChI is InChI=1S/C18H26Cl2N4O3.HI/c1-2-27-18(25)24-8-5-15(6-9-24)23-17(21)22-7-10-26-12-13-3-4-14(19)11-16(13)20;/h3-4,11,15H,2,5-10,12H2,1H3,(H3,21,22,23);1H. The van der Waals surface area contributed by atoms with Gasteiger partial charge in [0, 0.05) is 29.2 Å². The van der Waals surface area contributed by atoms with E-state index in [2.05, 4.69) is 10.3 Å². The lowest BCUT2D eigenvalue weighted by atomic mass is 10.1. The van der Waals surface area contributed by atoms with Gasteiger partial charge in [-0.2, -0.15) is 0 Å². The molecule has 0 bridgehead atoms. The SMILES string of the molecule is CCOC(=O)N1CCC(NC(N)=NCCOCc2ccc(Cl)cc2Cl)CC1.I. The molecule has 0 radical (unpaired) electrons. The minimum absolute atomic E-state index is 0. The van der Waals surface area contributed by atoms with Gasteiger partial charge in [0.15, 0.2) is 5.96 Å². The Hall–Kier alpha value is -0.970. The number of amides is 1. The van der Waals surface area contributed by atoms with E-state index in [1.807, 2.05) is 6.07 Å². The molecule has 0 aliphatic carbocycles. The number of hydrogen-bond acceptors (Lipinski definition) is 4. The second-order valence-corrected chi connectivity index (χ2v) is 7.00. The molecule has 1 aliphatic heterocycles. The number of guanidine groups is 1. The molecule has 0 saturated carbocycles. The molecule has 1 aliphatic rings. The first-order chi connectivity index (χ1) is 13.0. The Balaban J connectivity index is 0.00000392. The number of carbonyl (C=O) groups is 1. The van der Waals surface area contributed by atoms with Crippen LogP contribution in [0.15, 0.2) is 23.2 Å². The molecule has 1 saturated heterocycles. The van der Waals surface area contributed by atoms with Crippen LogP contribution in [0.25, 0.3) is 0 Å². The zero-order chi connectivity index (χ0) is 19.6. The maximum Gasteiger partial charge on any atom is 0.409 e. The van der Waals surface area contributed by atoms with Gasteiger partial charge >= 0.3 is 6.09 Å². The average Bonchev–Trinajstić information content (AvgIpc) is 2.64. The Labute approximate surface area is 192 Å². The van der Waals surface area contributed by atoms with Gasteiger partial charge in [-0.05, 0) is 37.5 Å². The predicted molar refractivity (Wildman–Crippen MR) is 123 cm³/mol. The summed E-state index contributed by atoms with van der Waals surface area (Å²) in [5.74, 6) is 0.387. The molecule has 1 aromatic carbocycles. The first-order valence-electron chi connectivity index (χ1n) is 8.99. The van der Waals surface area contributed by atoms with Crippen molar-refractivity contribution in [2.75, 3.05) is 32.8 Å². The second kappa shape index (κ2) is 13.3. The highest BCUT2D eigenvalue weighted by Gasteiger charge is 2.23. The van der Waals surface area contributed by atoms with Crippen molar-refractivity contribution in [3.05, 3.63) is 33.8 Å². The number of likely N-dealkylation sites (tertiary alicyclic amines) is 1. The third kappa shape index (κ3) is 8.59. The van der Waals surface area contributed by atoms with Crippen LogP contribution in [0, 0.1) is 0 Å². The summed E-state index contributed by atoms with van der Waals surface area (Å²) in [7, 11) is 0. The molecule has 1 amide bonds. The molecule has 0 aromatic heterocycles. The monoisotopic (exact) mass is 544 g/mol. The van der Waals surface area contributed by atoms with Gasteiger partial charge in [0.05, 0.1) is 26.4 Å². The molecule has 1 aromatic rings. The van der Waals surface area contributed by atoms with Crippen molar-refractivity contribution in [3.8, 4) is 0 Å². The van der Waals surface area contributed by atoms with Gasteiger partial charge in [0.25, 0.3) is 0 Å². The first-order valence-corrected chi connectivity index (χ1v) is 9.75. The van der Waals surface area contributed by atoms with Gasteiger partial charge in [-0.15, -0.1) is 24.0 Å². The van der Waals surface area contributed by atoms with Crippen LogP contribution in [0.2, 0.25) is 10.0 Å². The van der Waals surface area contributed by atoms with Crippen LogP contribution in [0.3, 0.4) is 0 Å². The van der Waals surface area contributed by atoms with E-state index in [-0.39, 0.29) is 36.1 Å². The van der Waals surface area contributed by atoms with Crippen molar-refractivity contribution in [3.63, 3.8) is 0 Å². The maximum atomic E-state index is 11.7. The molecular weight excluding hydrogens is 518 g/mol. The molecule has 2 rings (SSSR count). The van der Waals surface area contributed by atoms with E-state index in [4.69, 9.17) is 38.4 Å². The fourth-order valence-electron chi connectivity index (χ4n) is 2.73. The number of halogens is 3. The van der Waals surface area contributed by atoms with Crippen molar-refractivity contribution in [2.45, 2.75) is 32.4 Å². The summed E-state index contributed by atoms with van der Waals surface area (Å²) in [6.45, 7) is 4.77. The van der Waals surface area contributed by atoms with Gasteiger partial charge in [0.2, 0.25) is 0 Å². The highest BCUT2D eigenvalue weighted by atomic mass is 127. The smallest absolute Gasteiger partial charge is 0.409 e. The minimum Gasteiger partial charge on any atom is -0.450 e. The molecule has 1 fully saturated rings. The highest BCUT2D eigenvalue weighted by Crippen LogP contribution is 2.21. The Morgan fingerprint density at radius 1 is 1.36 bits per heavy atom. The summed E-state index contributed by atoms with van der Waals surface area (Å²) in [4.78, 5) is 17.7. The van der Waals surface area contributed by atoms with Gasteiger partial charge in [-0.3, -0.25) is 4.99 Å². The van der Waals surface area contributed by atoms with Crippen LogP contribution in [-0.2, 0) is 16.1 Å². The van der Waals surface area contributed by atoms with E-state index in [9.17, 15) is 4.79 Å². The van der Waals surface area contributed by atoms with Crippen molar-refractivity contribution in [1.29, 1.82) is 0 Å². The third-order valence-corrected chi connectivity index (χ3v) is 4.75. The number of nitrogens with two attached hydrogens (primary N) is 1.